The molecular weight excluding hydrogens is 285 g/mol. The number of rotatable bonds is 5. The molecule has 2 aromatic rings. The van der Waals surface area contributed by atoms with Crippen LogP contribution in [0, 0.1) is 5.82 Å². The molecule has 0 spiro atoms. The molecule has 0 saturated heterocycles. The van der Waals surface area contributed by atoms with Crippen molar-refractivity contribution in [2.75, 3.05) is 0 Å². The average Bonchev–Trinajstić information content (AvgIpc) is 2.52. The number of hydrogen-bond donors (Lipinski definition) is 2. The Morgan fingerprint density at radius 1 is 1.18 bits per heavy atom. The third kappa shape index (κ3) is 4.30. The highest BCUT2D eigenvalue weighted by atomic mass is 19.1. The van der Waals surface area contributed by atoms with E-state index in [0.717, 1.165) is 5.56 Å². The Bertz CT molecular complexity index is 616. The highest BCUT2D eigenvalue weighted by Crippen LogP contribution is 2.20. The highest BCUT2D eigenvalue weighted by Gasteiger charge is 2.23. The number of carbonyl (C=O) groups excluding carboxylic acids is 1. The standard InChI is InChI=1S/C17H18FNO3/c1-12(20)16(14-9-5-6-10-15(14)18)19-17(21)22-11-13-7-3-2-4-8-13/h2-10,12,16,20H,11H2,1H3,(H,19,21). The van der Waals surface area contributed by atoms with Gasteiger partial charge in [0, 0.05) is 5.56 Å². The number of alkyl carbamates (subject to hydrolysis) is 1. The second-order valence-corrected chi connectivity index (χ2v) is 4.95. The van der Waals surface area contributed by atoms with Crippen LogP contribution in [0.5, 0.6) is 0 Å². The van der Waals surface area contributed by atoms with Gasteiger partial charge in [0.05, 0.1) is 12.1 Å². The molecule has 1 amide bonds. The second-order valence-electron chi connectivity index (χ2n) is 4.95. The van der Waals surface area contributed by atoms with Gasteiger partial charge in [0.2, 0.25) is 0 Å². The van der Waals surface area contributed by atoms with Crippen LogP contribution in [0.25, 0.3) is 0 Å². The summed E-state index contributed by atoms with van der Waals surface area (Å²) in [6, 6.07) is 14.3. The zero-order valence-electron chi connectivity index (χ0n) is 12.2. The van der Waals surface area contributed by atoms with Crippen molar-refractivity contribution in [1.29, 1.82) is 0 Å². The van der Waals surface area contributed by atoms with E-state index in [9.17, 15) is 14.3 Å². The van der Waals surface area contributed by atoms with E-state index in [2.05, 4.69) is 5.32 Å². The summed E-state index contributed by atoms with van der Waals surface area (Å²) in [6.07, 6.45) is -1.67. The first kappa shape index (κ1) is 16.0. The largest absolute Gasteiger partial charge is 0.445 e. The zero-order chi connectivity index (χ0) is 15.9. The molecule has 0 aliphatic heterocycles. The third-order valence-corrected chi connectivity index (χ3v) is 3.21. The number of amides is 1. The minimum Gasteiger partial charge on any atom is -0.445 e. The lowest BCUT2D eigenvalue weighted by Gasteiger charge is -2.22. The highest BCUT2D eigenvalue weighted by molar-refractivity contribution is 5.68. The molecule has 2 atom stereocenters. The smallest absolute Gasteiger partial charge is 0.408 e. The molecule has 116 valence electrons. The number of hydrogen-bond acceptors (Lipinski definition) is 3. The Kier molecular flexibility index (Phi) is 5.49. The molecule has 4 nitrogen and oxygen atoms in total. The second kappa shape index (κ2) is 7.56. The van der Waals surface area contributed by atoms with Crippen LogP contribution in [0.1, 0.15) is 24.1 Å². The van der Waals surface area contributed by atoms with Crippen molar-refractivity contribution in [2.45, 2.75) is 25.7 Å². The van der Waals surface area contributed by atoms with Crippen molar-refractivity contribution in [3.63, 3.8) is 0 Å². The molecule has 0 heterocycles. The van der Waals surface area contributed by atoms with E-state index < -0.39 is 24.1 Å². The molecule has 0 radical (unpaired) electrons. The summed E-state index contributed by atoms with van der Waals surface area (Å²) >= 11 is 0. The zero-order valence-corrected chi connectivity index (χ0v) is 12.2. The Balaban J connectivity index is 1.99. The van der Waals surface area contributed by atoms with Crippen molar-refractivity contribution >= 4 is 6.09 Å². The maximum absolute atomic E-state index is 13.8. The molecule has 5 heteroatoms. The van der Waals surface area contributed by atoms with E-state index >= 15 is 0 Å². The van der Waals surface area contributed by atoms with E-state index in [4.69, 9.17) is 4.74 Å². The number of benzene rings is 2. The summed E-state index contributed by atoms with van der Waals surface area (Å²) in [7, 11) is 0. The van der Waals surface area contributed by atoms with Gasteiger partial charge in [0.25, 0.3) is 0 Å². The summed E-state index contributed by atoms with van der Waals surface area (Å²) in [4.78, 5) is 11.8. The summed E-state index contributed by atoms with van der Waals surface area (Å²) in [5, 5.41) is 12.3. The van der Waals surface area contributed by atoms with Crippen LogP contribution in [0.4, 0.5) is 9.18 Å². The summed E-state index contributed by atoms with van der Waals surface area (Å²) in [6.45, 7) is 1.59. The number of halogens is 1. The van der Waals surface area contributed by atoms with E-state index in [-0.39, 0.29) is 12.2 Å². The van der Waals surface area contributed by atoms with Crippen LogP contribution < -0.4 is 5.32 Å². The lowest BCUT2D eigenvalue weighted by Crippen LogP contribution is -2.35. The number of nitrogens with one attached hydrogen (secondary N) is 1. The van der Waals surface area contributed by atoms with Crippen LogP contribution in [-0.2, 0) is 11.3 Å². The van der Waals surface area contributed by atoms with Gasteiger partial charge >= 0.3 is 6.09 Å². The average molecular weight is 303 g/mol. The van der Waals surface area contributed by atoms with E-state index in [1.165, 1.54) is 19.1 Å². The van der Waals surface area contributed by atoms with Gasteiger partial charge in [-0.2, -0.15) is 0 Å². The van der Waals surface area contributed by atoms with Crippen LogP contribution in [0.3, 0.4) is 0 Å². The lowest BCUT2D eigenvalue weighted by molar-refractivity contribution is 0.108. The Labute approximate surface area is 128 Å². The summed E-state index contributed by atoms with van der Waals surface area (Å²) in [5.74, 6) is -0.489. The minimum atomic E-state index is -0.957. The first-order valence-electron chi connectivity index (χ1n) is 6.97. The maximum Gasteiger partial charge on any atom is 0.408 e. The van der Waals surface area contributed by atoms with E-state index in [1.54, 1.807) is 12.1 Å². The van der Waals surface area contributed by atoms with Crippen molar-refractivity contribution in [1.82, 2.24) is 5.32 Å². The van der Waals surface area contributed by atoms with Crippen LogP contribution >= 0.6 is 0 Å². The van der Waals surface area contributed by atoms with Crippen LogP contribution in [-0.4, -0.2) is 17.3 Å². The molecule has 0 saturated carbocycles. The van der Waals surface area contributed by atoms with Crippen molar-refractivity contribution in [3.05, 3.63) is 71.5 Å². The number of aliphatic hydroxyl groups is 1. The number of aliphatic hydroxyl groups excluding tert-OH is 1. The molecule has 2 aromatic carbocycles. The molecule has 0 fully saturated rings. The number of ether oxygens (including phenoxy) is 1. The van der Waals surface area contributed by atoms with Gasteiger partial charge in [-0.1, -0.05) is 48.5 Å². The molecule has 0 aliphatic rings. The van der Waals surface area contributed by atoms with Gasteiger partial charge in [-0.05, 0) is 18.6 Å². The van der Waals surface area contributed by atoms with Gasteiger partial charge in [0.15, 0.2) is 0 Å². The van der Waals surface area contributed by atoms with Gasteiger partial charge < -0.3 is 15.2 Å². The molecule has 0 bridgehead atoms. The van der Waals surface area contributed by atoms with Gasteiger partial charge in [-0.15, -0.1) is 0 Å². The molecule has 2 N–H and O–H groups in total. The quantitative estimate of drug-likeness (QED) is 0.892. The van der Waals surface area contributed by atoms with E-state index in [1.807, 2.05) is 30.3 Å². The SMILES string of the molecule is CC(O)C(NC(=O)OCc1ccccc1)c1ccccc1F. The Hall–Kier alpha value is -2.40. The molecule has 0 aliphatic carbocycles. The summed E-state index contributed by atoms with van der Waals surface area (Å²) < 4.78 is 18.9. The molecule has 22 heavy (non-hydrogen) atoms. The molecule has 2 rings (SSSR count). The molecular formula is C17H18FNO3. The van der Waals surface area contributed by atoms with E-state index in [0.29, 0.717) is 0 Å². The van der Waals surface area contributed by atoms with Gasteiger partial charge in [0.1, 0.15) is 12.4 Å². The molecule has 2 unspecified atom stereocenters. The maximum atomic E-state index is 13.8. The fourth-order valence-corrected chi connectivity index (χ4v) is 2.08. The predicted octanol–water partition coefficient (Wildman–Crippen LogP) is 3.17. The topological polar surface area (TPSA) is 58.6 Å². The monoisotopic (exact) mass is 303 g/mol. The fraction of sp³-hybridized carbons (Fsp3) is 0.235. The van der Waals surface area contributed by atoms with Crippen LogP contribution in [0.2, 0.25) is 0 Å². The Morgan fingerprint density at radius 3 is 2.45 bits per heavy atom. The summed E-state index contributed by atoms with van der Waals surface area (Å²) in [5.41, 5.74) is 1.06. The molecule has 0 aromatic heterocycles. The van der Waals surface area contributed by atoms with Gasteiger partial charge in [-0.3, -0.25) is 0 Å². The van der Waals surface area contributed by atoms with Crippen molar-refractivity contribution in [3.8, 4) is 0 Å². The predicted molar refractivity (Wildman–Crippen MR) is 80.6 cm³/mol. The number of carbonyl (C=O) groups is 1. The van der Waals surface area contributed by atoms with Crippen molar-refractivity contribution < 1.29 is 19.0 Å². The lowest BCUT2D eigenvalue weighted by atomic mass is 10.0. The Morgan fingerprint density at radius 2 is 1.82 bits per heavy atom. The fourth-order valence-electron chi connectivity index (χ4n) is 2.08. The van der Waals surface area contributed by atoms with Gasteiger partial charge in [-0.25, -0.2) is 9.18 Å². The van der Waals surface area contributed by atoms with Crippen LogP contribution in [0.15, 0.2) is 54.6 Å². The third-order valence-electron chi connectivity index (χ3n) is 3.21. The van der Waals surface area contributed by atoms with Crippen molar-refractivity contribution in [2.24, 2.45) is 0 Å². The first-order valence-corrected chi connectivity index (χ1v) is 6.97. The normalized spacial score (nSPS) is 13.2. The first-order chi connectivity index (χ1) is 10.6. The minimum absolute atomic E-state index is 0.108.